The van der Waals surface area contributed by atoms with Crippen molar-refractivity contribution in [1.29, 1.82) is 0 Å². The summed E-state index contributed by atoms with van der Waals surface area (Å²) in [7, 11) is -2.63. The number of fused-ring (bicyclic) bond motifs is 9. The van der Waals surface area contributed by atoms with E-state index in [2.05, 4.69) is 230 Å². The Morgan fingerprint density at radius 1 is 0.367 bits per heavy atom. The average Bonchev–Trinajstić information content (AvgIpc) is 3.39. The van der Waals surface area contributed by atoms with Gasteiger partial charge in [-0.2, -0.15) is 0 Å². The Kier molecular flexibility index (Phi) is 8.47. The van der Waals surface area contributed by atoms with Crippen LogP contribution in [0.4, 0.5) is 22.7 Å². The number of anilines is 4. The van der Waals surface area contributed by atoms with Crippen molar-refractivity contribution in [2.75, 3.05) is 14.9 Å². The van der Waals surface area contributed by atoms with Crippen LogP contribution in [0, 0.1) is 20.8 Å². The van der Waals surface area contributed by atoms with Gasteiger partial charge in [0.15, 0.2) is 0 Å². The zero-order valence-corrected chi connectivity index (χ0v) is 35.0. The van der Waals surface area contributed by atoms with Gasteiger partial charge in [-0.05, 0) is 116 Å². The Balaban J connectivity index is 1.34. The fraction of sp³-hybridized carbons (Fsp3) is 0.0714. The normalized spacial score (nSPS) is 15.9. The highest BCUT2D eigenvalue weighted by molar-refractivity contribution is 8.32. The largest absolute Gasteiger partial charge is 0.412 e. The topological polar surface area (TPSA) is 15.7 Å². The highest BCUT2D eigenvalue weighted by Gasteiger charge is 2.45. The number of para-hydroxylation sites is 2. The number of nitrogens with zero attached hydrogens (tertiary/aromatic N) is 2. The van der Waals surface area contributed by atoms with Gasteiger partial charge in [0.25, 0.3) is 0 Å². The van der Waals surface area contributed by atoms with Crippen LogP contribution in [0.3, 0.4) is 0 Å². The molecule has 1 heterocycles. The summed E-state index contributed by atoms with van der Waals surface area (Å²) in [5.41, 5.74) is 12.7. The van der Waals surface area contributed by atoms with E-state index >= 15 is 0 Å². The molecule has 0 amide bonds. The fourth-order valence-electron chi connectivity index (χ4n) is 9.57. The molecule has 0 spiro atoms. The van der Waals surface area contributed by atoms with Crippen LogP contribution >= 0.6 is 10.7 Å². The van der Waals surface area contributed by atoms with Crippen molar-refractivity contribution < 1.29 is 4.18 Å². The minimum Gasteiger partial charge on any atom is -0.412 e. The summed E-state index contributed by atoms with van der Waals surface area (Å²) >= 11 is 0. The van der Waals surface area contributed by atoms with Crippen LogP contribution < -0.4 is 12.8 Å². The van der Waals surface area contributed by atoms with Gasteiger partial charge in [-0.3, -0.25) is 8.61 Å². The molecule has 60 heavy (non-hydrogen) atoms. The van der Waals surface area contributed by atoms with Gasteiger partial charge in [0.2, 0.25) is 0 Å². The Morgan fingerprint density at radius 2 is 0.850 bits per heavy atom. The third-order valence-electron chi connectivity index (χ3n) is 12.4. The first-order valence-electron chi connectivity index (χ1n) is 20.6. The Bertz CT molecular complexity index is 3340. The lowest BCUT2D eigenvalue weighted by Crippen LogP contribution is -2.38. The molecule has 1 aliphatic rings. The first-order chi connectivity index (χ1) is 29.4. The number of hydrogen-bond acceptors (Lipinski definition) is 3. The van der Waals surface area contributed by atoms with Crippen molar-refractivity contribution in [3.05, 3.63) is 211 Å². The van der Waals surface area contributed by atoms with Crippen LogP contribution in [-0.2, 0) is 0 Å². The maximum absolute atomic E-state index is 8.09. The van der Waals surface area contributed by atoms with Gasteiger partial charge >= 0.3 is 0 Å². The summed E-state index contributed by atoms with van der Waals surface area (Å²) in [6, 6.07) is 71.0. The van der Waals surface area contributed by atoms with Gasteiger partial charge in [-0.15, -0.1) is 0 Å². The smallest absolute Gasteiger partial charge is 0.147 e. The van der Waals surface area contributed by atoms with Crippen molar-refractivity contribution >= 4 is 76.5 Å². The molecule has 0 bridgehead atoms. The Hall–Kier alpha value is -7.01. The molecule has 4 heteroatoms. The maximum Gasteiger partial charge on any atom is 0.147 e. The minimum absolute atomic E-state index is 0.863. The molecule has 0 aliphatic carbocycles. The second-order valence-corrected chi connectivity index (χ2v) is 18.4. The number of aryl methyl sites for hydroxylation is 3. The van der Waals surface area contributed by atoms with E-state index in [1.54, 1.807) is 0 Å². The predicted octanol–water partition coefficient (Wildman–Crippen LogP) is 16.1. The molecule has 0 saturated heterocycles. The van der Waals surface area contributed by atoms with Gasteiger partial charge in [-0.1, -0.05) is 164 Å². The molecule has 0 aromatic heterocycles. The van der Waals surface area contributed by atoms with Crippen LogP contribution in [0.15, 0.2) is 194 Å². The molecule has 10 aromatic rings. The molecule has 0 radical (unpaired) electrons. The van der Waals surface area contributed by atoms with E-state index in [1.807, 2.05) is 0 Å². The standard InChI is InChI=1S/C56H44N2OS/c1-37-17-5-15-27-48(37)57(50-34-31-41-20-8-12-24-45(41)54(50)53-39(3)29-30-40-19-7-11-23-44(40)53)60(4)58(49-28-16-6-18-38(49)2)51-35-32-42-21-9-13-25-46(42)55(51)56-47-26-14-10-22-43(47)33-36-52(56)59-60/h5-36H,1-4H3. The third kappa shape index (κ3) is 5.52. The van der Waals surface area contributed by atoms with Crippen molar-refractivity contribution in [3.8, 4) is 28.0 Å². The van der Waals surface area contributed by atoms with Gasteiger partial charge in [0, 0.05) is 22.9 Å². The zero-order valence-electron chi connectivity index (χ0n) is 34.2. The second kappa shape index (κ2) is 14.1. The van der Waals surface area contributed by atoms with Crippen molar-refractivity contribution in [3.63, 3.8) is 0 Å². The van der Waals surface area contributed by atoms with Gasteiger partial charge in [0.1, 0.15) is 5.75 Å². The average molecular weight is 793 g/mol. The number of benzene rings is 10. The lowest BCUT2D eigenvalue weighted by atomic mass is 9.89. The highest BCUT2D eigenvalue weighted by Crippen LogP contribution is 2.68. The monoisotopic (exact) mass is 792 g/mol. The number of hydrogen-bond donors (Lipinski definition) is 0. The van der Waals surface area contributed by atoms with E-state index in [0.717, 1.165) is 39.6 Å². The van der Waals surface area contributed by atoms with E-state index in [4.69, 9.17) is 4.18 Å². The Morgan fingerprint density at radius 3 is 1.48 bits per heavy atom. The van der Waals surface area contributed by atoms with Crippen LogP contribution in [0.1, 0.15) is 16.7 Å². The van der Waals surface area contributed by atoms with Crippen LogP contribution in [0.5, 0.6) is 5.75 Å². The van der Waals surface area contributed by atoms with Gasteiger partial charge in [-0.25, -0.2) is 0 Å². The zero-order chi connectivity index (χ0) is 40.5. The van der Waals surface area contributed by atoms with E-state index in [0.29, 0.717) is 0 Å². The molecule has 0 N–H and O–H groups in total. The SMILES string of the molecule is Cc1ccccc1N(c1ccc2ccccc2c1-c1c(C)ccc2ccccc12)S1(C)Oc2ccc3ccccc3c2-c2c(ccc3ccccc23)N1c1ccccc1C. The molecule has 3 nitrogen and oxygen atoms in total. The molecule has 0 fully saturated rings. The third-order valence-corrected chi connectivity index (χ3v) is 15.0. The molecule has 1 aliphatic heterocycles. The molecule has 1 atom stereocenters. The van der Waals surface area contributed by atoms with E-state index < -0.39 is 10.7 Å². The molecular formula is C56H44N2OS. The van der Waals surface area contributed by atoms with Crippen molar-refractivity contribution in [1.82, 2.24) is 0 Å². The minimum atomic E-state index is -2.63. The summed E-state index contributed by atoms with van der Waals surface area (Å²) in [6.45, 7) is 6.71. The van der Waals surface area contributed by atoms with Crippen LogP contribution in [-0.4, -0.2) is 6.26 Å². The first-order valence-corrected chi connectivity index (χ1v) is 22.5. The molecule has 11 rings (SSSR count). The summed E-state index contributed by atoms with van der Waals surface area (Å²) in [5.74, 6) is 0.863. The van der Waals surface area contributed by atoms with E-state index in [9.17, 15) is 0 Å². The maximum atomic E-state index is 8.09. The fourth-order valence-corrected chi connectivity index (χ4v) is 12.5. The van der Waals surface area contributed by atoms with E-state index in [1.165, 1.54) is 70.9 Å². The molecule has 1 unspecified atom stereocenters. The molecule has 10 aromatic carbocycles. The summed E-state index contributed by atoms with van der Waals surface area (Å²) in [4.78, 5) is 0. The van der Waals surface area contributed by atoms with Crippen LogP contribution in [0.25, 0.3) is 65.3 Å². The van der Waals surface area contributed by atoms with Gasteiger partial charge in [0.05, 0.1) is 33.4 Å². The lowest BCUT2D eigenvalue weighted by Gasteiger charge is -2.53. The van der Waals surface area contributed by atoms with Gasteiger partial charge < -0.3 is 4.18 Å². The summed E-state index contributed by atoms with van der Waals surface area (Å²) in [5, 5.41) is 9.57. The molecular weight excluding hydrogens is 749 g/mol. The van der Waals surface area contributed by atoms with Crippen LogP contribution in [0.2, 0.25) is 0 Å². The van der Waals surface area contributed by atoms with Crippen molar-refractivity contribution in [2.24, 2.45) is 0 Å². The lowest BCUT2D eigenvalue weighted by molar-refractivity contribution is 0.623. The Labute approximate surface area is 353 Å². The van der Waals surface area contributed by atoms with Crippen molar-refractivity contribution in [2.45, 2.75) is 20.8 Å². The molecule has 0 saturated carbocycles. The second-order valence-electron chi connectivity index (χ2n) is 16.0. The first kappa shape index (κ1) is 36.1. The predicted molar refractivity (Wildman–Crippen MR) is 259 cm³/mol. The van der Waals surface area contributed by atoms with E-state index in [-0.39, 0.29) is 0 Å². The molecule has 290 valence electrons. The quantitative estimate of drug-likeness (QED) is 0.173. The highest BCUT2D eigenvalue weighted by atomic mass is 32.3. The summed E-state index contributed by atoms with van der Waals surface area (Å²) in [6.07, 6.45) is 2.35. The summed E-state index contributed by atoms with van der Waals surface area (Å²) < 4.78 is 13.2. The number of rotatable bonds is 5.